The molecule has 0 spiro atoms. The van der Waals surface area contributed by atoms with Crippen molar-refractivity contribution in [2.24, 2.45) is 0 Å². The van der Waals surface area contributed by atoms with Gasteiger partial charge in [-0.1, -0.05) is 29.8 Å². The van der Waals surface area contributed by atoms with Gasteiger partial charge in [-0.05, 0) is 35.7 Å². The van der Waals surface area contributed by atoms with Gasteiger partial charge < -0.3 is 9.08 Å². The number of pyridine rings is 1. The van der Waals surface area contributed by atoms with Crippen LogP contribution in [0.15, 0.2) is 54.6 Å². The lowest BCUT2D eigenvalue weighted by atomic mass is 9.93. The van der Waals surface area contributed by atoms with Gasteiger partial charge in [0.2, 0.25) is 0 Å². The van der Waals surface area contributed by atoms with Crippen LogP contribution in [0, 0.1) is 0 Å². The minimum absolute atomic E-state index is 0.407. The SMILES string of the molecule is CN1c2ccccc2-c2nc3ccc(Cl)cc3c3cc(OS(=O)(=O)C(F)(F)F)cc1c23. The van der Waals surface area contributed by atoms with E-state index in [2.05, 4.69) is 4.18 Å². The minimum Gasteiger partial charge on any atom is -0.376 e. The van der Waals surface area contributed by atoms with Crippen molar-refractivity contribution in [3.05, 3.63) is 59.6 Å². The second-order valence-corrected chi connectivity index (χ2v) is 9.02. The summed E-state index contributed by atoms with van der Waals surface area (Å²) in [7, 11) is -4.10. The standard InChI is InChI=1S/C21H12ClF3N2O3S/c1-27-17-5-3-2-4-13(17)20-19-15(14-8-11(22)6-7-16(14)26-20)9-12(10-18(19)27)30-31(28,29)21(23,24)25/h2-10H,1H3. The number of aromatic nitrogens is 1. The zero-order valence-electron chi connectivity index (χ0n) is 15.7. The van der Waals surface area contributed by atoms with E-state index in [9.17, 15) is 21.6 Å². The molecule has 5 nitrogen and oxygen atoms in total. The molecule has 5 rings (SSSR count). The summed E-state index contributed by atoms with van der Waals surface area (Å²) >= 11 is 6.15. The Hall–Kier alpha value is -3.04. The number of rotatable bonds is 2. The second-order valence-electron chi connectivity index (χ2n) is 7.05. The smallest absolute Gasteiger partial charge is 0.376 e. The molecular formula is C21H12ClF3N2O3S. The molecule has 0 bridgehead atoms. The van der Waals surface area contributed by atoms with E-state index in [1.165, 1.54) is 12.1 Å². The van der Waals surface area contributed by atoms with Crippen LogP contribution in [0.2, 0.25) is 5.02 Å². The number of alkyl halides is 3. The summed E-state index contributed by atoms with van der Waals surface area (Å²) in [6, 6.07) is 15.0. The minimum atomic E-state index is -5.84. The van der Waals surface area contributed by atoms with Gasteiger partial charge >= 0.3 is 15.6 Å². The van der Waals surface area contributed by atoms with Crippen molar-refractivity contribution in [1.29, 1.82) is 0 Å². The van der Waals surface area contributed by atoms with Gasteiger partial charge in [0.15, 0.2) is 0 Å². The highest BCUT2D eigenvalue weighted by atomic mass is 35.5. The number of hydrogen-bond acceptors (Lipinski definition) is 5. The Labute approximate surface area is 179 Å². The first-order valence-corrected chi connectivity index (χ1v) is 10.8. The molecule has 0 atom stereocenters. The third kappa shape index (κ3) is 2.99. The Balaban J connectivity index is 1.90. The molecule has 31 heavy (non-hydrogen) atoms. The van der Waals surface area contributed by atoms with E-state index < -0.39 is 21.4 Å². The average Bonchev–Trinajstić information content (AvgIpc) is 2.70. The van der Waals surface area contributed by atoms with Crippen molar-refractivity contribution in [3.8, 4) is 17.0 Å². The zero-order chi connectivity index (χ0) is 22.1. The van der Waals surface area contributed by atoms with Gasteiger partial charge in [0.25, 0.3) is 0 Å². The third-order valence-corrected chi connectivity index (χ3v) is 6.39. The van der Waals surface area contributed by atoms with E-state index in [4.69, 9.17) is 16.6 Å². The molecule has 3 aromatic carbocycles. The summed E-state index contributed by atoms with van der Waals surface area (Å²) in [4.78, 5) is 6.53. The van der Waals surface area contributed by atoms with Crippen LogP contribution in [-0.2, 0) is 10.1 Å². The summed E-state index contributed by atoms with van der Waals surface area (Å²) in [6.45, 7) is 0. The van der Waals surface area contributed by atoms with Crippen molar-refractivity contribution in [2.75, 3.05) is 11.9 Å². The van der Waals surface area contributed by atoms with Crippen LogP contribution < -0.4 is 9.08 Å². The number of nitrogens with zero attached hydrogens (tertiary/aromatic N) is 2. The van der Waals surface area contributed by atoms with Crippen molar-refractivity contribution < 1.29 is 25.8 Å². The molecule has 1 aliphatic heterocycles. The molecule has 0 amide bonds. The van der Waals surface area contributed by atoms with Gasteiger partial charge in [-0.3, -0.25) is 0 Å². The van der Waals surface area contributed by atoms with E-state index >= 15 is 0 Å². The van der Waals surface area contributed by atoms with Crippen LogP contribution in [0.25, 0.3) is 32.9 Å². The van der Waals surface area contributed by atoms with Gasteiger partial charge in [-0.15, -0.1) is 0 Å². The molecule has 1 aliphatic rings. The van der Waals surface area contributed by atoms with Crippen LogP contribution >= 0.6 is 11.6 Å². The van der Waals surface area contributed by atoms with Crippen molar-refractivity contribution in [3.63, 3.8) is 0 Å². The first-order chi connectivity index (χ1) is 14.6. The van der Waals surface area contributed by atoms with Crippen LogP contribution in [0.3, 0.4) is 0 Å². The Bertz CT molecular complexity index is 1500. The maximum Gasteiger partial charge on any atom is 0.534 e. The maximum atomic E-state index is 12.9. The Morgan fingerprint density at radius 2 is 1.74 bits per heavy atom. The Morgan fingerprint density at radius 1 is 1.00 bits per heavy atom. The predicted octanol–water partition coefficient (Wildman–Crippen LogP) is 6.02. The van der Waals surface area contributed by atoms with E-state index in [0.717, 1.165) is 11.3 Å². The van der Waals surface area contributed by atoms with E-state index in [-0.39, 0.29) is 0 Å². The number of para-hydroxylation sites is 1. The Morgan fingerprint density at radius 3 is 2.48 bits per heavy atom. The van der Waals surface area contributed by atoms with E-state index in [1.807, 2.05) is 24.3 Å². The number of fused-ring (bicyclic) bond motifs is 4. The molecular weight excluding hydrogens is 453 g/mol. The topological polar surface area (TPSA) is 59.5 Å². The zero-order valence-corrected chi connectivity index (χ0v) is 17.3. The van der Waals surface area contributed by atoms with Gasteiger partial charge in [0.1, 0.15) is 5.75 Å². The van der Waals surface area contributed by atoms with E-state index in [1.54, 1.807) is 30.1 Å². The molecule has 0 radical (unpaired) electrons. The third-order valence-electron chi connectivity index (χ3n) is 5.18. The second kappa shape index (κ2) is 6.48. The van der Waals surface area contributed by atoms with Crippen LogP contribution in [0.1, 0.15) is 0 Å². The van der Waals surface area contributed by atoms with E-state index in [0.29, 0.717) is 38.1 Å². The molecule has 10 heteroatoms. The number of benzene rings is 3. The van der Waals surface area contributed by atoms with Gasteiger partial charge in [-0.2, -0.15) is 21.6 Å². The fourth-order valence-electron chi connectivity index (χ4n) is 3.84. The van der Waals surface area contributed by atoms with Gasteiger partial charge in [-0.25, -0.2) is 4.98 Å². The lowest BCUT2D eigenvalue weighted by Crippen LogP contribution is -2.28. The molecule has 1 aromatic heterocycles. The average molecular weight is 465 g/mol. The molecule has 0 saturated carbocycles. The summed E-state index contributed by atoms with van der Waals surface area (Å²) in [5.74, 6) is -0.454. The molecule has 0 saturated heterocycles. The normalized spacial score (nSPS) is 13.5. The molecule has 2 heterocycles. The lowest BCUT2D eigenvalue weighted by molar-refractivity contribution is -0.0500. The largest absolute Gasteiger partial charge is 0.534 e. The highest BCUT2D eigenvalue weighted by molar-refractivity contribution is 7.88. The number of halogens is 4. The molecule has 0 unspecified atom stereocenters. The molecule has 4 aromatic rings. The van der Waals surface area contributed by atoms with Gasteiger partial charge in [0.05, 0.1) is 22.6 Å². The van der Waals surface area contributed by atoms with Crippen LogP contribution in [0.5, 0.6) is 5.75 Å². The summed E-state index contributed by atoms with van der Waals surface area (Å²) in [5.41, 5.74) is -2.27. The monoisotopic (exact) mass is 464 g/mol. The van der Waals surface area contributed by atoms with Crippen molar-refractivity contribution in [2.45, 2.75) is 5.51 Å². The quantitative estimate of drug-likeness (QED) is 0.206. The number of hydrogen-bond donors (Lipinski definition) is 0. The Kier molecular flexibility index (Phi) is 4.16. The van der Waals surface area contributed by atoms with Gasteiger partial charge in [0, 0.05) is 34.5 Å². The summed E-state index contributed by atoms with van der Waals surface area (Å²) in [5, 5.41) is 2.11. The molecule has 158 valence electrons. The summed E-state index contributed by atoms with van der Waals surface area (Å²) in [6.07, 6.45) is 0. The summed E-state index contributed by atoms with van der Waals surface area (Å²) < 4.78 is 66.5. The predicted molar refractivity (Wildman–Crippen MR) is 113 cm³/mol. The maximum absolute atomic E-state index is 12.9. The van der Waals surface area contributed by atoms with Crippen LogP contribution in [0.4, 0.5) is 24.5 Å². The number of anilines is 2. The lowest BCUT2D eigenvalue weighted by Gasteiger charge is -2.30. The highest BCUT2D eigenvalue weighted by Gasteiger charge is 2.48. The van der Waals surface area contributed by atoms with Crippen molar-refractivity contribution >= 4 is 54.8 Å². The molecule has 0 aliphatic carbocycles. The molecule has 0 fully saturated rings. The fourth-order valence-corrected chi connectivity index (χ4v) is 4.45. The van der Waals surface area contributed by atoms with Crippen molar-refractivity contribution in [1.82, 2.24) is 4.98 Å². The molecule has 0 N–H and O–H groups in total. The highest BCUT2D eigenvalue weighted by Crippen LogP contribution is 2.49. The van der Waals surface area contributed by atoms with Crippen LogP contribution in [-0.4, -0.2) is 26.0 Å². The first kappa shape index (κ1) is 19.9. The first-order valence-electron chi connectivity index (χ1n) is 8.98. The fraction of sp³-hybridized carbons (Fsp3) is 0.0952.